The number of aliphatic hydroxyl groups is 1. The molecule has 1 aliphatic heterocycles. The number of nitrogens with one attached hydrogen (secondary N) is 1. The minimum Gasteiger partial charge on any atom is -0.388 e. The van der Waals surface area contributed by atoms with Gasteiger partial charge in [0.2, 0.25) is 0 Å². The topological polar surface area (TPSA) is 35.5 Å². The number of hydrogen-bond donors (Lipinski definition) is 2. The molecule has 0 aromatic heterocycles. The van der Waals surface area contributed by atoms with Gasteiger partial charge in [0.05, 0.1) is 5.60 Å². The Hall–Kier alpha value is -0.580. The number of hydrogen-bond acceptors (Lipinski definition) is 3. The number of halogens is 1. The van der Waals surface area contributed by atoms with Gasteiger partial charge in [-0.1, -0.05) is 22.9 Å². The molecule has 0 aliphatic carbocycles. The zero-order valence-corrected chi connectivity index (χ0v) is 13.3. The van der Waals surface area contributed by atoms with Gasteiger partial charge in [-0.2, -0.15) is 0 Å². The van der Waals surface area contributed by atoms with Gasteiger partial charge in [0, 0.05) is 29.8 Å². The third-order valence-electron chi connectivity index (χ3n) is 3.62. The summed E-state index contributed by atoms with van der Waals surface area (Å²) >= 11 is 3.54. The fourth-order valence-electron chi connectivity index (χ4n) is 2.69. The number of piperidine rings is 1. The first-order valence-corrected chi connectivity index (χ1v) is 7.77. The van der Waals surface area contributed by atoms with E-state index < -0.39 is 5.60 Å². The summed E-state index contributed by atoms with van der Waals surface area (Å²) < 4.78 is 1.10. The van der Waals surface area contributed by atoms with Crippen molar-refractivity contribution >= 4 is 21.6 Å². The Kier molecular flexibility index (Phi) is 4.87. The van der Waals surface area contributed by atoms with Crippen LogP contribution in [0.5, 0.6) is 0 Å². The monoisotopic (exact) mass is 326 g/mol. The second-order valence-electron chi connectivity index (χ2n) is 5.58. The Morgan fingerprint density at radius 3 is 2.95 bits per heavy atom. The summed E-state index contributed by atoms with van der Waals surface area (Å²) in [5, 5.41) is 13.6. The molecule has 1 aromatic carbocycles. The lowest BCUT2D eigenvalue weighted by Crippen LogP contribution is -2.46. The van der Waals surface area contributed by atoms with Gasteiger partial charge in [0.1, 0.15) is 0 Å². The van der Waals surface area contributed by atoms with E-state index in [4.69, 9.17) is 0 Å². The first kappa shape index (κ1) is 14.8. The molecule has 1 aromatic rings. The van der Waals surface area contributed by atoms with Crippen LogP contribution in [0.25, 0.3) is 0 Å². The summed E-state index contributed by atoms with van der Waals surface area (Å²) in [5.41, 5.74) is 1.96. The van der Waals surface area contributed by atoms with Crippen molar-refractivity contribution in [2.24, 2.45) is 0 Å². The van der Waals surface area contributed by atoms with Gasteiger partial charge in [-0.25, -0.2) is 0 Å². The summed E-state index contributed by atoms with van der Waals surface area (Å²) in [6.45, 7) is 7.61. The van der Waals surface area contributed by atoms with Crippen molar-refractivity contribution in [3.63, 3.8) is 0 Å². The second kappa shape index (κ2) is 6.25. The van der Waals surface area contributed by atoms with E-state index in [0.29, 0.717) is 6.54 Å². The van der Waals surface area contributed by atoms with Gasteiger partial charge in [0.25, 0.3) is 0 Å². The molecule has 1 unspecified atom stereocenters. The molecule has 1 atom stereocenters. The first-order chi connectivity index (χ1) is 9.02. The van der Waals surface area contributed by atoms with Crippen molar-refractivity contribution in [1.82, 2.24) is 5.32 Å². The molecule has 1 heterocycles. The third kappa shape index (κ3) is 3.94. The molecule has 0 bridgehead atoms. The van der Waals surface area contributed by atoms with Gasteiger partial charge in [0.15, 0.2) is 0 Å². The van der Waals surface area contributed by atoms with Crippen LogP contribution in [-0.4, -0.2) is 30.3 Å². The van der Waals surface area contributed by atoms with Crippen LogP contribution in [0.2, 0.25) is 0 Å². The third-order valence-corrected chi connectivity index (χ3v) is 4.12. The number of anilines is 1. The maximum atomic E-state index is 10.3. The second-order valence-corrected chi connectivity index (χ2v) is 6.49. The molecule has 0 saturated carbocycles. The molecule has 0 radical (unpaired) electrons. The fourth-order valence-corrected chi connectivity index (χ4v) is 3.10. The number of nitrogens with zero attached hydrogens (tertiary/aromatic N) is 1. The van der Waals surface area contributed by atoms with Gasteiger partial charge in [-0.3, -0.25) is 0 Å². The fraction of sp³-hybridized carbons (Fsp3) is 0.600. The van der Waals surface area contributed by atoms with Gasteiger partial charge >= 0.3 is 0 Å². The Balaban J connectivity index is 2.22. The molecule has 0 spiro atoms. The molecule has 1 aliphatic rings. The minimum atomic E-state index is -0.569. The van der Waals surface area contributed by atoms with Crippen molar-refractivity contribution in [3.05, 3.63) is 28.2 Å². The van der Waals surface area contributed by atoms with Crippen LogP contribution in [0.4, 0.5) is 5.69 Å². The SMILES string of the molecule is CCNCc1cc(Br)ccc1N1CCCC(C)(O)C1. The van der Waals surface area contributed by atoms with Crippen molar-refractivity contribution in [2.75, 3.05) is 24.5 Å². The van der Waals surface area contributed by atoms with E-state index in [1.54, 1.807) is 0 Å². The normalized spacial score (nSPS) is 23.7. The zero-order chi connectivity index (χ0) is 13.9. The first-order valence-electron chi connectivity index (χ1n) is 6.98. The predicted molar refractivity (Wildman–Crippen MR) is 83.6 cm³/mol. The summed E-state index contributed by atoms with van der Waals surface area (Å²) in [7, 11) is 0. The molecular weight excluding hydrogens is 304 g/mol. The van der Waals surface area contributed by atoms with Crippen LogP contribution >= 0.6 is 15.9 Å². The Morgan fingerprint density at radius 2 is 2.26 bits per heavy atom. The van der Waals surface area contributed by atoms with E-state index in [1.165, 1.54) is 11.3 Å². The average molecular weight is 327 g/mol. The van der Waals surface area contributed by atoms with Gasteiger partial charge < -0.3 is 15.3 Å². The maximum absolute atomic E-state index is 10.3. The molecule has 0 amide bonds. The highest BCUT2D eigenvalue weighted by molar-refractivity contribution is 9.10. The molecule has 1 fully saturated rings. The standard InChI is InChI=1S/C15H23BrN2O/c1-3-17-10-12-9-13(16)5-6-14(12)18-8-4-7-15(2,19)11-18/h5-6,9,17,19H,3-4,7-8,10-11H2,1-2H3. The van der Waals surface area contributed by atoms with Crippen LogP contribution in [0, 0.1) is 0 Å². The minimum absolute atomic E-state index is 0.569. The highest BCUT2D eigenvalue weighted by atomic mass is 79.9. The Morgan fingerprint density at radius 1 is 1.47 bits per heavy atom. The quantitative estimate of drug-likeness (QED) is 0.893. The Bertz CT molecular complexity index is 434. The van der Waals surface area contributed by atoms with E-state index in [-0.39, 0.29) is 0 Å². The van der Waals surface area contributed by atoms with Crippen LogP contribution in [-0.2, 0) is 6.54 Å². The number of β-amino-alcohol motifs (C(OH)–C–C–N with tert-alkyl or cyclic N) is 1. The summed E-state index contributed by atoms with van der Waals surface area (Å²) in [6, 6.07) is 6.40. The number of benzene rings is 1. The summed E-state index contributed by atoms with van der Waals surface area (Å²) in [5.74, 6) is 0. The van der Waals surface area contributed by atoms with Crippen molar-refractivity contribution in [2.45, 2.75) is 38.8 Å². The van der Waals surface area contributed by atoms with Gasteiger partial charge in [-0.15, -0.1) is 0 Å². The van der Waals surface area contributed by atoms with Crippen molar-refractivity contribution in [1.29, 1.82) is 0 Å². The van der Waals surface area contributed by atoms with E-state index in [1.807, 2.05) is 6.92 Å². The molecule has 4 heteroatoms. The van der Waals surface area contributed by atoms with E-state index in [2.05, 4.69) is 51.3 Å². The highest BCUT2D eigenvalue weighted by Crippen LogP contribution is 2.30. The Labute approximate surface area is 124 Å². The van der Waals surface area contributed by atoms with Crippen LogP contribution < -0.4 is 10.2 Å². The zero-order valence-electron chi connectivity index (χ0n) is 11.7. The highest BCUT2D eigenvalue weighted by Gasteiger charge is 2.29. The molecule has 3 nitrogen and oxygen atoms in total. The van der Waals surface area contributed by atoms with Gasteiger partial charge in [-0.05, 0) is 50.1 Å². The molecular formula is C15H23BrN2O. The van der Waals surface area contributed by atoms with Crippen molar-refractivity contribution < 1.29 is 5.11 Å². The lowest BCUT2D eigenvalue weighted by molar-refractivity contribution is 0.0449. The molecule has 2 N–H and O–H groups in total. The van der Waals surface area contributed by atoms with E-state index in [9.17, 15) is 5.11 Å². The lowest BCUT2D eigenvalue weighted by Gasteiger charge is -2.39. The van der Waals surface area contributed by atoms with Crippen LogP contribution in [0.1, 0.15) is 32.3 Å². The number of rotatable bonds is 4. The maximum Gasteiger partial charge on any atom is 0.0794 e. The predicted octanol–water partition coefficient (Wildman–Crippen LogP) is 2.91. The molecule has 2 rings (SSSR count). The van der Waals surface area contributed by atoms with Crippen LogP contribution in [0.3, 0.4) is 0 Å². The van der Waals surface area contributed by atoms with Crippen molar-refractivity contribution in [3.8, 4) is 0 Å². The molecule has 1 saturated heterocycles. The van der Waals surface area contributed by atoms with E-state index in [0.717, 1.165) is 36.9 Å². The largest absolute Gasteiger partial charge is 0.388 e. The molecule has 106 valence electrons. The lowest BCUT2D eigenvalue weighted by atomic mass is 9.94. The summed E-state index contributed by atoms with van der Waals surface area (Å²) in [4.78, 5) is 2.31. The average Bonchev–Trinajstić information content (AvgIpc) is 2.35. The summed E-state index contributed by atoms with van der Waals surface area (Å²) in [6.07, 6.45) is 1.94. The van der Waals surface area contributed by atoms with Crippen LogP contribution in [0.15, 0.2) is 22.7 Å². The van der Waals surface area contributed by atoms with E-state index >= 15 is 0 Å². The molecule has 19 heavy (non-hydrogen) atoms. The smallest absolute Gasteiger partial charge is 0.0794 e.